The van der Waals surface area contributed by atoms with E-state index in [9.17, 15) is 4.79 Å². The SMILES string of the molecule is Cc1ccc2c(CSc3nnc(-c4cccc(Cl)c4)o3)cc(=O)oc2c1C. The normalized spacial score (nSPS) is 11.2. The van der Waals surface area contributed by atoms with E-state index < -0.39 is 0 Å². The van der Waals surface area contributed by atoms with E-state index in [1.165, 1.54) is 17.8 Å². The van der Waals surface area contributed by atoms with Gasteiger partial charge in [-0.1, -0.05) is 41.6 Å². The summed E-state index contributed by atoms with van der Waals surface area (Å²) in [5.74, 6) is 0.922. The van der Waals surface area contributed by atoms with Gasteiger partial charge in [0.15, 0.2) is 0 Å². The van der Waals surface area contributed by atoms with Crippen LogP contribution < -0.4 is 5.63 Å². The highest BCUT2D eigenvalue weighted by Crippen LogP contribution is 2.30. The van der Waals surface area contributed by atoms with E-state index in [1.807, 2.05) is 38.1 Å². The lowest BCUT2D eigenvalue weighted by Gasteiger charge is -2.07. The van der Waals surface area contributed by atoms with E-state index in [0.717, 1.165) is 27.6 Å². The number of thioether (sulfide) groups is 1. The number of nitrogens with zero attached hydrogens (tertiary/aromatic N) is 2. The van der Waals surface area contributed by atoms with Crippen molar-refractivity contribution in [3.63, 3.8) is 0 Å². The summed E-state index contributed by atoms with van der Waals surface area (Å²) >= 11 is 7.38. The van der Waals surface area contributed by atoms with Crippen LogP contribution >= 0.6 is 23.4 Å². The molecule has 0 unspecified atom stereocenters. The number of benzene rings is 2. The molecule has 0 aliphatic carbocycles. The molecule has 0 N–H and O–H groups in total. The zero-order valence-corrected chi connectivity index (χ0v) is 16.2. The third kappa shape index (κ3) is 3.63. The summed E-state index contributed by atoms with van der Waals surface area (Å²) in [4.78, 5) is 12.0. The Kier molecular flexibility index (Phi) is 4.76. The quantitative estimate of drug-likeness (QED) is 0.338. The van der Waals surface area contributed by atoms with Crippen LogP contribution in [0.2, 0.25) is 5.02 Å². The van der Waals surface area contributed by atoms with Crippen LogP contribution in [0.1, 0.15) is 16.7 Å². The first-order valence-electron chi connectivity index (χ1n) is 8.26. The van der Waals surface area contributed by atoms with Gasteiger partial charge in [0.25, 0.3) is 5.22 Å². The first-order chi connectivity index (χ1) is 13.0. The third-order valence-electron chi connectivity index (χ3n) is 4.35. The highest BCUT2D eigenvalue weighted by Gasteiger charge is 2.13. The van der Waals surface area contributed by atoms with Crippen LogP contribution in [0, 0.1) is 13.8 Å². The topological polar surface area (TPSA) is 69.1 Å². The number of hydrogen-bond donors (Lipinski definition) is 0. The number of aryl methyl sites for hydroxylation is 2. The van der Waals surface area contributed by atoms with Crippen molar-refractivity contribution in [1.29, 1.82) is 0 Å². The summed E-state index contributed by atoms with van der Waals surface area (Å²) in [6, 6.07) is 12.7. The number of fused-ring (bicyclic) bond motifs is 1. The molecule has 0 spiro atoms. The highest BCUT2D eigenvalue weighted by molar-refractivity contribution is 7.98. The molecule has 0 aliphatic heterocycles. The Labute approximate surface area is 164 Å². The molecule has 2 heterocycles. The van der Waals surface area contributed by atoms with Gasteiger partial charge >= 0.3 is 5.63 Å². The molecule has 0 atom stereocenters. The maximum atomic E-state index is 12.0. The minimum atomic E-state index is -0.364. The molecule has 0 saturated carbocycles. The molecule has 0 aliphatic rings. The Hall–Kier alpha value is -2.57. The molecule has 0 radical (unpaired) electrons. The lowest BCUT2D eigenvalue weighted by molar-refractivity contribution is 0.466. The molecule has 7 heteroatoms. The van der Waals surface area contributed by atoms with Crippen LogP contribution in [-0.4, -0.2) is 10.2 Å². The number of aromatic nitrogens is 2. The molecule has 2 aromatic heterocycles. The van der Waals surface area contributed by atoms with E-state index >= 15 is 0 Å². The largest absolute Gasteiger partial charge is 0.422 e. The Morgan fingerprint density at radius 1 is 1.07 bits per heavy atom. The summed E-state index contributed by atoms with van der Waals surface area (Å²) in [6.07, 6.45) is 0. The Morgan fingerprint density at radius 3 is 2.74 bits per heavy atom. The Bertz CT molecular complexity index is 1200. The standard InChI is InChI=1S/C20H15ClN2O3S/c1-11-6-7-16-14(9-17(24)25-18(16)12(11)2)10-27-20-23-22-19(26-20)13-4-3-5-15(21)8-13/h3-9H,10H2,1-2H3. The van der Waals surface area contributed by atoms with Crippen molar-refractivity contribution in [3.8, 4) is 11.5 Å². The molecule has 136 valence electrons. The molecule has 27 heavy (non-hydrogen) atoms. The van der Waals surface area contributed by atoms with E-state index in [2.05, 4.69) is 10.2 Å². The first-order valence-corrected chi connectivity index (χ1v) is 9.63. The molecular weight excluding hydrogens is 384 g/mol. The van der Waals surface area contributed by atoms with Gasteiger partial charge in [-0.25, -0.2) is 4.79 Å². The van der Waals surface area contributed by atoms with Crippen LogP contribution in [0.5, 0.6) is 0 Å². The van der Waals surface area contributed by atoms with Gasteiger partial charge in [-0.15, -0.1) is 10.2 Å². The zero-order chi connectivity index (χ0) is 19.0. The van der Waals surface area contributed by atoms with Crippen LogP contribution in [0.25, 0.3) is 22.4 Å². The summed E-state index contributed by atoms with van der Waals surface area (Å²) in [5, 5.41) is 10.1. The van der Waals surface area contributed by atoms with Gasteiger partial charge in [-0.2, -0.15) is 0 Å². The molecule has 4 aromatic rings. The second kappa shape index (κ2) is 7.21. The van der Waals surface area contributed by atoms with Gasteiger partial charge in [-0.3, -0.25) is 0 Å². The maximum absolute atomic E-state index is 12.0. The van der Waals surface area contributed by atoms with E-state index in [1.54, 1.807) is 12.1 Å². The van der Waals surface area contributed by atoms with Crippen LogP contribution in [0.4, 0.5) is 0 Å². The molecular formula is C20H15ClN2O3S. The monoisotopic (exact) mass is 398 g/mol. The predicted octanol–water partition coefficient (Wildman–Crippen LogP) is 5.41. The van der Waals surface area contributed by atoms with Crippen molar-refractivity contribution in [2.24, 2.45) is 0 Å². The van der Waals surface area contributed by atoms with E-state index in [4.69, 9.17) is 20.4 Å². The highest BCUT2D eigenvalue weighted by atomic mass is 35.5. The van der Waals surface area contributed by atoms with E-state index in [-0.39, 0.29) is 5.63 Å². The summed E-state index contributed by atoms with van der Waals surface area (Å²) in [7, 11) is 0. The zero-order valence-electron chi connectivity index (χ0n) is 14.7. The van der Waals surface area contributed by atoms with Gasteiger partial charge in [0.05, 0.1) is 0 Å². The second-order valence-electron chi connectivity index (χ2n) is 6.15. The molecule has 5 nitrogen and oxygen atoms in total. The first kappa shape index (κ1) is 17.8. The van der Waals surface area contributed by atoms with Crippen LogP contribution in [-0.2, 0) is 5.75 Å². The fourth-order valence-electron chi connectivity index (χ4n) is 2.79. The summed E-state index contributed by atoms with van der Waals surface area (Å²) < 4.78 is 11.1. The smallest absolute Gasteiger partial charge is 0.336 e. The summed E-state index contributed by atoms with van der Waals surface area (Å²) in [6.45, 7) is 3.94. The van der Waals surface area contributed by atoms with Gasteiger partial charge in [0, 0.05) is 27.8 Å². The Morgan fingerprint density at radius 2 is 1.93 bits per heavy atom. The maximum Gasteiger partial charge on any atom is 0.336 e. The van der Waals surface area contributed by atoms with Crippen molar-refractivity contribution in [3.05, 3.63) is 74.6 Å². The van der Waals surface area contributed by atoms with Crippen molar-refractivity contribution in [2.75, 3.05) is 0 Å². The minimum Gasteiger partial charge on any atom is -0.422 e. The number of hydrogen-bond acceptors (Lipinski definition) is 6. The molecule has 4 rings (SSSR count). The molecule has 0 saturated heterocycles. The predicted molar refractivity (Wildman–Crippen MR) is 106 cm³/mol. The molecule has 0 fully saturated rings. The third-order valence-corrected chi connectivity index (χ3v) is 5.45. The van der Waals surface area contributed by atoms with Gasteiger partial charge in [0.1, 0.15) is 5.58 Å². The van der Waals surface area contributed by atoms with Gasteiger partial charge in [-0.05, 0) is 48.7 Å². The average molecular weight is 399 g/mol. The van der Waals surface area contributed by atoms with E-state index in [0.29, 0.717) is 27.5 Å². The van der Waals surface area contributed by atoms with Gasteiger partial charge < -0.3 is 8.83 Å². The van der Waals surface area contributed by atoms with Gasteiger partial charge in [0.2, 0.25) is 5.89 Å². The second-order valence-corrected chi connectivity index (χ2v) is 7.51. The van der Waals surface area contributed by atoms with Crippen molar-refractivity contribution < 1.29 is 8.83 Å². The van der Waals surface area contributed by atoms with Crippen molar-refractivity contribution in [1.82, 2.24) is 10.2 Å². The number of halogens is 1. The lowest BCUT2D eigenvalue weighted by atomic mass is 10.0. The Balaban J connectivity index is 1.61. The molecule has 2 aromatic carbocycles. The summed E-state index contributed by atoms with van der Waals surface area (Å²) in [5.41, 5.74) is 3.95. The number of rotatable bonds is 4. The van der Waals surface area contributed by atoms with Crippen LogP contribution in [0.3, 0.4) is 0 Å². The molecule has 0 amide bonds. The fourth-order valence-corrected chi connectivity index (χ4v) is 3.73. The fraction of sp³-hybridized carbons (Fsp3) is 0.150. The average Bonchev–Trinajstić information content (AvgIpc) is 3.12. The minimum absolute atomic E-state index is 0.364. The lowest BCUT2D eigenvalue weighted by Crippen LogP contribution is -2.01. The molecule has 0 bridgehead atoms. The van der Waals surface area contributed by atoms with Crippen molar-refractivity contribution in [2.45, 2.75) is 24.8 Å². The van der Waals surface area contributed by atoms with Crippen LogP contribution in [0.15, 0.2) is 61.3 Å². The van der Waals surface area contributed by atoms with Crippen molar-refractivity contribution >= 4 is 34.3 Å².